The van der Waals surface area contributed by atoms with Crippen LogP contribution in [0.4, 0.5) is 0 Å². The number of likely N-dealkylation sites (N-methyl/N-ethyl adjacent to an activating group) is 1. The van der Waals surface area contributed by atoms with Crippen molar-refractivity contribution in [1.82, 2.24) is 20.5 Å². The topological polar surface area (TPSA) is 57.3 Å². The van der Waals surface area contributed by atoms with Gasteiger partial charge in [0.2, 0.25) is 0 Å². The van der Waals surface area contributed by atoms with E-state index in [1.165, 1.54) is 4.88 Å². The summed E-state index contributed by atoms with van der Waals surface area (Å²) in [4.78, 5) is 20.2. The Balaban J connectivity index is 1.66. The minimum absolute atomic E-state index is 0.00393. The molecule has 1 saturated heterocycles. The number of hydrogen-bond donors (Lipinski definition) is 2. The fourth-order valence-corrected chi connectivity index (χ4v) is 3.73. The van der Waals surface area contributed by atoms with Crippen molar-refractivity contribution in [2.75, 3.05) is 26.7 Å². The van der Waals surface area contributed by atoms with Crippen molar-refractivity contribution in [2.24, 2.45) is 0 Å². The molecule has 0 saturated carbocycles. The summed E-state index contributed by atoms with van der Waals surface area (Å²) in [6, 6.07) is 0.254. The van der Waals surface area contributed by atoms with Gasteiger partial charge in [0, 0.05) is 37.0 Å². The van der Waals surface area contributed by atoms with Gasteiger partial charge < -0.3 is 15.5 Å². The van der Waals surface area contributed by atoms with E-state index in [1.54, 1.807) is 11.3 Å². The van der Waals surface area contributed by atoms with Gasteiger partial charge in [0.15, 0.2) is 5.01 Å². The SMILES string of the molecule is CN1CCc2nc(C(=O)N[C@H]3CCCNC3)sc2C1. The van der Waals surface area contributed by atoms with Crippen LogP contribution in [0.5, 0.6) is 0 Å². The number of fused-ring (bicyclic) bond motifs is 1. The quantitative estimate of drug-likeness (QED) is 0.833. The van der Waals surface area contributed by atoms with E-state index in [4.69, 9.17) is 0 Å². The van der Waals surface area contributed by atoms with Crippen LogP contribution in [0, 0.1) is 0 Å². The molecular formula is C13H20N4OS. The summed E-state index contributed by atoms with van der Waals surface area (Å²) in [7, 11) is 2.11. The number of nitrogens with one attached hydrogen (secondary N) is 2. The molecule has 0 unspecified atom stereocenters. The van der Waals surface area contributed by atoms with E-state index in [0.29, 0.717) is 5.01 Å². The van der Waals surface area contributed by atoms with E-state index in [1.807, 2.05) is 0 Å². The summed E-state index contributed by atoms with van der Waals surface area (Å²) in [6.07, 6.45) is 3.15. The van der Waals surface area contributed by atoms with Crippen LogP contribution in [0.2, 0.25) is 0 Å². The third-order valence-corrected chi connectivity index (χ3v) is 4.83. The van der Waals surface area contributed by atoms with Crippen molar-refractivity contribution in [1.29, 1.82) is 0 Å². The van der Waals surface area contributed by atoms with E-state index in [-0.39, 0.29) is 11.9 Å². The smallest absolute Gasteiger partial charge is 0.280 e. The number of piperidine rings is 1. The summed E-state index contributed by atoms with van der Waals surface area (Å²) >= 11 is 1.55. The summed E-state index contributed by atoms with van der Waals surface area (Å²) in [5.41, 5.74) is 1.12. The fraction of sp³-hybridized carbons (Fsp3) is 0.692. The Morgan fingerprint density at radius 1 is 1.58 bits per heavy atom. The van der Waals surface area contributed by atoms with Crippen molar-refractivity contribution in [3.8, 4) is 0 Å². The lowest BCUT2D eigenvalue weighted by molar-refractivity contribution is 0.0930. The first-order valence-corrected chi connectivity index (χ1v) is 7.73. The molecule has 0 spiro atoms. The maximum atomic E-state index is 12.2. The highest BCUT2D eigenvalue weighted by molar-refractivity contribution is 7.13. The number of hydrogen-bond acceptors (Lipinski definition) is 5. The van der Waals surface area contributed by atoms with E-state index in [2.05, 4.69) is 27.6 Å². The molecule has 0 bridgehead atoms. The van der Waals surface area contributed by atoms with Gasteiger partial charge in [-0.25, -0.2) is 4.98 Å². The number of thiazole rings is 1. The van der Waals surface area contributed by atoms with Crippen LogP contribution in [0.3, 0.4) is 0 Å². The molecule has 0 aromatic carbocycles. The monoisotopic (exact) mass is 280 g/mol. The average molecular weight is 280 g/mol. The number of nitrogens with zero attached hydrogens (tertiary/aromatic N) is 2. The molecule has 3 heterocycles. The molecule has 6 heteroatoms. The minimum atomic E-state index is -0.00393. The van der Waals surface area contributed by atoms with Gasteiger partial charge in [-0.2, -0.15) is 0 Å². The second-order valence-electron chi connectivity index (χ2n) is 5.39. The van der Waals surface area contributed by atoms with Crippen LogP contribution >= 0.6 is 11.3 Å². The maximum Gasteiger partial charge on any atom is 0.280 e. The Kier molecular flexibility index (Phi) is 3.81. The Morgan fingerprint density at radius 3 is 3.26 bits per heavy atom. The second-order valence-corrected chi connectivity index (χ2v) is 6.48. The Hall–Kier alpha value is -0.980. The largest absolute Gasteiger partial charge is 0.346 e. The molecule has 2 aliphatic rings. The number of amides is 1. The third-order valence-electron chi connectivity index (χ3n) is 3.75. The van der Waals surface area contributed by atoms with Gasteiger partial charge in [-0.3, -0.25) is 4.79 Å². The van der Waals surface area contributed by atoms with E-state index < -0.39 is 0 Å². The van der Waals surface area contributed by atoms with Crippen molar-refractivity contribution in [3.05, 3.63) is 15.6 Å². The van der Waals surface area contributed by atoms with E-state index in [9.17, 15) is 4.79 Å². The molecule has 104 valence electrons. The zero-order chi connectivity index (χ0) is 13.2. The lowest BCUT2D eigenvalue weighted by atomic mass is 10.1. The lowest BCUT2D eigenvalue weighted by Gasteiger charge is -2.23. The second kappa shape index (κ2) is 5.56. The molecule has 1 aromatic heterocycles. The molecule has 0 aliphatic carbocycles. The Labute approximate surface area is 117 Å². The van der Waals surface area contributed by atoms with Crippen LogP contribution in [0.15, 0.2) is 0 Å². The van der Waals surface area contributed by atoms with E-state index >= 15 is 0 Å². The number of carbonyl (C=O) groups excluding carboxylic acids is 1. The van der Waals surface area contributed by atoms with Crippen molar-refractivity contribution < 1.29 is 4.79 Å². The molecule has 2 aliphatic heterocycles. The number of aromatic nitrogens is 1. The average Bonchev–Trinajstić information content (AvgIpc) is 2.83. The highest BCUT2D eigenvalue weighted by Gasteiger charge is 2.23. The molecule has 5 nitrogen and oxygen atoms in total. The molecule has 3 rings (SSSR count). The summed E-state index contributed by atoms with van der Waals surface area (Å²) < 4.78 is 0. The van der Waals surface area contributed by atoms with Crippen LogP contribution in [-0.2, 0) is 13.0 Å². The summed E-state index contributed by atoms with van der Waals surface area (Å²) in [5, 5.41) is 7.03. The van der Waals surface area contributed by atoms with Gasteiger partial charge >= 0.3 is 0 Å². The summed E-state index contributed by atoms with van der Waals surface area (Å²) in [5.74, 6) is -0.00393. The van der Waals surface area contributed by atoms with Crippen LogP contribution in [0.1, 0.15) is 33.2 Å². The van der Waals surface area contributed by atoms with Crippen LogP contribution in [0.25, 0.3) is 0 Å². The first-order valence-electron chi connectivity index (χ1n) is 6.91. The van der Waals surface area contributed by atoms with Crippen molar-refractivity contribution in [3.63, 3.8) is 0 Å². The molecule has 1 fully saturated rings. The highest BCUT2D eigenvalue weighted by Crippen LogP contribution is 2.24. The van der Waals surface area contributed by atoms with Gasteiger partial charge in [0.1, 0.15) is 0 Å². The summed E-state index contributed by atoms with van der Waals surface area (Å²) in [6.45, 7) is 3.89. The normalized spacial score (nSPS) is 23.9. The van der Waals surface area contributed by atoms with Gasteiger partial charge in [-0.1, -0.05) is 0 Å². The number of carbonyl (C=O) groups is 1. The highest BCUT2D eigenvalue weighted by atomic mass is 32.1. The zero-order valence-corrected chi connectivity index (χ0v) is 12.1. The maximum absolute atomic E-state index is 12.2. The zero-order valence-electron chi connectivity index (χ0n) is 11.2. The third kappa shape index (κ3) is 2.96. The lowest BCUT2D eigenvalue weighted by Crippen LogP contribution is -2.45. The molecule has 2 N–H and O–H groups in total. The van der Waals surface area contributed by atoms with Gasteiger partial charge in [0.05, 0.1) is 5.69 Å². The van der Waals surface area contributed by atoms with Crippen LogP contribution < -0.4 is 10.6 Å². The van der Waals surface area contributed by atoms with Crippen LogP contribution in [-0.4, -0.2) is 48.5 Å². The molecule has 0 radical (unpaired) electrons. The first-order chi connectivity index (χ1) is 9.22. The molecule has 19 heavy (non-hydrogen) atoms. The van der Waals surface area contributed by atoms with Gasteiger partial charge in [-0.05, 0) is 26.4 Å². The fourth-order valence-electron chi connectivity index (χ4n) is 2.64. The predicted octanol–water partition coefficient (Wildman–Crippen LogP) is 0.613. The minimum Gasteiger partial charge on any atom is -0.346 e. The van der Waals surface area contributed by atoms with Gasteiger partial charge in [-0.15, -0.1) is 11.3 Å². The standard InChI is InChI=1S/C13H20N4OS/c1-17-6-4-10-11(8-17)19-13(16-10)12(18)15-9-3-2-5-14-7-9/h9,14H,2-8H2,1H3,(H,15,18)/t9-/m0/s1. The Morgan fingerprint density at radius 2 is 2.47 bits per heavy atom. The van der Waals surface area contributed by atoms with Crippen molar-refractivity contribution in [2.45, 2.75) is 31.8 Å². The molecule has 1 amide bonds. The Bertz CT molecular complexity index is 467. The molecular weight excluding hydrogens is 260 g/mol. The number of rotatable bonds is 2. The van der Waals surface area contributed by atoms with Crippen molar-refractivity contribution >= 4 is 17.2 Å². The molecule has 1 atom stereocenters. The molecule has 1 aromatic rings. The van der Waals surface area contributed by atoms with E-state index in [0.717, 1.165) is 51.1 Å². The predicted molar refractivity (Wildman–Crippen MR) is 75.5 cm³/mol. The van der Waals surface area contributed by atoms with Gasteiger partial charge in [0.25, 0.3) is 5.91 Å². The first kappa shape index (κ1) is 13.0.